The fourth-order valence-electron chi connectivity index (χ4n) is 2.22. The zero-order chi connectivity index (χ0) is 13.9. The van der Waals surface area contributed by atoms with E-state index in [9.17, 15) is 0 Å². The van der Waals surface area contributed by atoms with Gasteiger partial charge < -0.3 is 5.73 Å². The molecule has 0 fully saturated rings. The summed E-state index contributed by atoms with van der Waals surface area (Å²) in [6.07, 6.45) is 0. The first-order valence-corrected chi connectivity index (χ1v) is 6.72. The molecular weight excluding hydrogens is 224 g/mol. The highest BCUT2D eigenvalue weighted by Crippen LogP contribution is 2.19. The highest BCUT2D eigenvalue weighted by atomic mass is 15.3. The van der Waals surface area contributed by atoms with Gasteiger partial charge in [0.25, 0.3) is 0 Å². The first-order valence-electron chi connectivity index (χ1n) is 6.72. The Morgan fingerprint density at radius 3 is 2.33 bits per heavy atom. The Morgan fingerprint density at radius 1 is 1.33 bits per heavy atom. The number of hydrogen-bond acceptors (Lipinski definition) is 3. The van der Waals surface area contributed by atoms with Gasteiger partial charge in [-0.3, -0.25) is 9.58 Å². The van der Waals surface area contributed by atoms with Gasteiger partial charge in [0.2, 0.25) is 0 Å². The molecule has 1 aromatic rings. The number of aryl methyl sites for hydroxylation is 2. The van der Waals surface area contributed by atoms with E-state index in [0.717, 1.165) is 25.3 Å². The molecule has 1 heterocycles. The van der Waals surface area contributed by atoms with Gasteiger partial charge in [0.15, 0.2) is 0 Å². The van der Waals surface area contributed by atoms with Crippen LogP contribution in [0.15, 0.2) is 0 Å². The molecule has 0 spiro atoms. The lowest BCUT2D eigenvalue weighted by molar-refractivity contribution is 0.183. The van der Waals surface area contributed by atoms with Crippen molar-refractivity contribution in [1.82, 2.24) is 14.7 Å². The van der Waals surface area contributed by atoms with Gasteiger partial charge >= 0.3 is 0 Å². The van der Waals surface area contributed by atoms with E-state index in [0.29, 0.717) is 6.54 Å². The zero-order valence-corrected chi connectivity index (χ0v) is 12.7. The molecule has 18 heavy (non-hydrogen) atoms. The SMILES string of the molecule is CCN(Cc1c(C)nn(C)c1C)CC(C)(C)CN. The first-order chi connectivity index (χ1) is 8.30. The van der Waals surface area contributed by atoms with Crippen molar-refractivity contribution in [1.29, 1.82) is 0 Å². The summed E-state index contributed by atoms with van der Waals surface area (Å²) in [4.78, 5) is 2.45. The minimum Gasteiger partial charge on any atom is -0.330 e. The maximum absolute atomic E-state index is 5.82. The second-order valence-electron chi connectivity index (χ2n) is 5.94. The van der Waals surface area contributed by atoms with Crippen LogP contribution in [0, 0.1) is 19.3 Å². The van der Waals surface area contributed by atoms with Crippen LogP contribution >= 0.6 is 0 Å². The van der Waals surface area contributed by atoms with E-state index in [1.807, 2.05) is 11.7 Å². The predicted octanol–water partition coefficient (Wildman–Crippen LogP) is 1.84. The van der Waals surface area contributed by atoms with Crippen LogP contribution in [-0.4, -0.2) is 34.3 Å². The van der Waals surface area contributed by atoms with E-state index < -0.39 is 0 Å². The van der Waals surface area contributed by atoms with E-state index in [2.05, 4.69) is 44.6 Å². The van der Waals surface area contributed by atoms with Gasteiger partial charge in [-0.25, -0.2) is 0 Å². The minimum atomic E-state index is 0.167. The van der Waals surface area contributed by atoms with Gasteiger partial charge in [-0.2, -0.15) is 5.10 Å². The zero-order valence-electron chi connectivity index (χ0n) is 12.7. The summed E-state index contributed by atoms with van der Waals surface area (Å²) in [7, 11) is 2.01. The molecule has 4 nitrogen and oxygen atoms in total. The molecule has 0 aliphatic rings. The van der Waals surface area contributed by atoms with E-state index in [1.165, 1.54) is 11.3 Å². The molecular formula is C14H28N4. The standard InChI is InChI=1S/C14H28N4/c1-7-18(10-14(4,5)9-15)8-13-11(2)16-17(6)12(13)3/h7-10,15H2,1-6H3. The number of nitrogens with zero attached hydrogens (tertiary/aromatic N) is 3. The summed E-state index contributed by atoms with van der Waals surface area (Å²) in [6.45, 7) is 14.6. The third-order valence-electron chi connectivity index (χ3n) is 3.69. The summed E-state index contributed by atoms with van der Waals surface area (Å²) in [5.41, 5.74) is 9.74. The fraction of sp³-hybridized carbons (Fsp3) is 0.786. The van der Waals surface area contributed by atoms with Gasteiger partial charge in [0.05, 0.1) is 5.69 Å². The molecule has 0 aliphatic carbocycles. The van der Waals surface area contributed by atoms with Crippen molar-refractivity contribution in [2.24, 2.45) is 18.2 Å². The Balaban J connectivity index is 2.80. The maximum atomic E-state index is 5.82. The lowest BCUT2D eigenvalue weighted by atomic mass is 9.93. The van der Waals surface area contributed by atoms with Crippen LogP contribution in [0.3, 0.4) is 0 Å². The van der Waals surface area contributed by atoms with E-state index in [4.69, 9.17) is 5.73 Å². The molecule has 0 saturated heterocycles. The topological polar surface area (TPSA) is 47.1 Å². The Bertz CT molecular complexity index is 393. The maximum Gasteiger partial charge on any atom is 0.0641 e. The minimum absolute atomic E-state index is 0.167. The van der Waals surface area contributed by atoms with E-state index >= 15 is 0 Å². The van der Waals surface area contributed by atoms with Crippen molar-refractivity contribution in [3.63, 3.8) is 0 Å². The Labute approximate surface area is 111 Å². The molecule has 1 aromatic heterocycles. The molecule has 0 aliphatic heterocycles. The monoisotopic (exact) mass is 252 g/mol. The van der Waals surface area contributed by atoms with Crippen LogP contribution in [0.2, 0.25) is 0 Å². The largest absolute Gasteiger partial charge is 0.330 e. The molecule has 4 heteroatoms. The van der Waals surface area contributed by atoms with Crippen molar-refractivity contribution in [3.8, 4) is 0 Å². The molecule has 0 unspecified atom stereocenters. The molecule has 0 saturated carbocycles. The van der Waals surface area contributed by atoms with Gasteiger partial charge in [-0.15, -0.1) is 0 Å². The fourth-order valence-corrected chi connectivity index (χ4v) is 2.22. The molecule has 104 valence electrons. The van der Waals surface area contributed by atoms with Gasteiger partial charge in [0.1, 0.15) is 0 Å². The highest BCUT2D eigenvalue weighted by molar-refractivity contribution is 5.24. The molecule has 2 N–H and O–H groups in total. The van der Waals surface area contributed by atoms with E-state index in [-0.39, 0.29) is 5.41 Å². The van der Waals surface area contributed by atoms with Crippen LogP contribution in [0.4, 0.5) is 0 Å². The third kappa shape index (κ3) is 3.56. The first kappa shape index (κ1) is 15.2. The van der Waals surface area contributed by atoms with Crippen molar-refractivity contribution < 1.29 is 0 Å². The van der Waals surface area contributed by atoms with Crippen molar-refractivity contribution in [3.05, 3.63) is 17.0 Å². The van der Waals surface area contributed by atoms with Crippen molar-refractivity contribution in [2.75, 3.05) is 19.6 Å². The lowest BCUT2D eigenvalue weighted by Gasteiger charge is -2.31. The number of aromatic nitrogens is 2. The Kier molecular flexibility index (Phi) is 4.93. The summed E-state index contributed by atoms with van der Waals surface area (Å²) in [5, 5.41) is 4.48. The molecule has 0 radical (unpaired) electrons. The van der Waals surface area contributed by atoms with Crippen LogP contribution in [-0.2, 0) is 13.6 Å². The highest BCUT2D eigenvalue weighted by Gasteiger charge is 2.21. The molecule has 0 amide bonds. The van der Waals surface area contributed by atoms with Crippen LogP contribution < -0.4 is 5.73 Å². The van der Waals surface area contributed by atoms with Crippen molar-refractivity contribution >= 4 is 0 Å². The van der Waals surface area contributed by atoms with Gasteiger partial charge in [0, 0.05) is 31.4 Å². The Hall–Kier alpha value is -0.870. The number of rotatable bonds is 6. The normalized spacial score (nSPS) is 12.4. The smallest absolute Gasteiger partial charge is 0.0641 e. The summed E-state index contributed by atoms with van der Waals surface area (Å²) in [5.74, 6) is 0. The van der Waals surface area contributed by atoms with Crippen molar-refractivity contribution in [2.45, 2.75) is 41.2 Å². The van der Waals surface area contributed by atoms with Crippen LogP contribution in [0.5, 0.6) is 0 Å². The third-order valence-corrected chi connectivity index (χ3v) is 3.69. The van der Waals surface area contributed by atoms with Gasteiger partial charge in [-0.1, -0.05) is 20.8 Å². The average molecular weight is 252 g/mol. The number of hydrogen-bond donors (Lipinski definition) is 1. The Morgan fingerprint density at radius 2 is 1.94 bits per heavy atom. The second-order valence-corrected chi connectivity index (χ2v) is 5.94. The predicted molar refractivity (Wildman–Crippen MR) is 76.5 cm³/mol. The molecule has 0 bridgehead atoms. The van der Waals surface area contributed by atoms with Crippen LogP contribution in [0.25, 0.3) is 0 Å². The van der Waals surface area contributed by atoms with Crippen LogP contribution in [0.1, 0.15) is 37.7 Å². The average Bonchev–Trinajstić information content (AvgIpc) is 2.54. The summed E-state index contributed by atoms with van der Waals surface area (Å²) < 4.78 is 1.96. The molecule has 1 rings (SSSR count). The quantitative estimate of drug-likeness (QED) is 0.840. The lowest BCUT2D eigenvalue weighted by Crippen LogP contribution is -2.38. The molecule has 0 atom stereocenters. The van der Waals surface area contributed by atoms with E-state index in [1.54, 1.807) is 0 Å². The van der Waals surface area contributed by atoms with Gasteiger partial charge in [-0.05, 0) is 32.4 Å². The summed E-state index contributed by atoms with van der Waals surface area (Å²) in [6, 6.07) is 0. The second kappa shape index (κ2) is 5.85. The molecule has 0 aromatic carbocycles. The number of nitrogens with two attached hydrogens (primary N) is 1. The summed E-state index contributed by atoms with van der Waals surface area (Å²) >= 11 is 0.